The molecule has 2 rings (SSSR count). The summed E-state index contributed by atoms with van der Waals surface area (Å²) in [7, 11) is 24.0. The minimum absolute atomic E-state index is 0.00297. The van der Waals surface area contributed by atoms with Gasteiger partial charge in [-0.25, -0.2) is 0 Å². The van der Waals surface area contributed by atoms with Gasteiger partial charge in [0.2, 0.25) is 23.6 Å². The molecule has 47 heavy (non-hydrogen) atoms. The van der Waals surface area contributed by atoms with Gasteiger partial charge < -0.3 is 44.6 Å². The van der Waals surface area contributed by atoms with Crippen LogP contribution in [0.25, 0.3) is 0 Å². The molecule has 0 saturated carbocycles. The average Bonchev–Trinajstić information content (AvgIpc) is 3.02. The predicted octanol–water partition coefficient (Wildman–Crippen LogP) is -2.95. The van der Waals surface area contributed by atoms with E-state index in [-0.39, 0.29) is 38.3 Å². The molecule has 13 N–H and O–H groups in total. The Bertz CT molecular complexity index is 1360. The lowest BCUT2D eigenvalue weighted by Crippen LogP contribution is -2.58. The molecule has 0 fully saturated rings. The molecule has 8 radical (unpaired) electrons. The summed E-state index contributed by atoms with van der Waals surface area (Å²) >= 11 is 0. The van der Waals surface area contributed by atoms with Crippen LogP contribution >= 0.6 is 0 Å². The second-order valence-electron chi connectivity index (χ2n) is 11.5. The molecule has 0 aliphatic heterocycles. The maximum Gasteiger partial charge on any atom is 0.243 e. The lowest BCUT2D eigenvalue weighted by Gasteiger charge is -2.45. The number of benzene rings is 2. The molecule has 0 heterocycles. The van der Waals surface area contributed by atoms with Crippen molar-refractivity contribution in [3.8, 4) is 0 Å². The summed E-state index contributed by atoms with van der Waals surface area (Å²) in [5.41, 5.74) is 29.7. The van der Waals surface area contributed by atoms with Crippen LogP contribution in [0.15, 0.2) is 65.7 Å². The van der Waals surface area contributed by atoms with Crippen LogP contribution in [0.4, 0.5) is 0 Å². The number of carbonyl (C=O) groups is 4. The highest BCUT2D eigenvalue weighted by molar-refractivity contribution is 6.54. The normalized spacial score (nSPS) is 14.1. The summed E-state index contributed by atoms with van der Waals surface area (Å²) in [5, 5.41) is 4.12. The molecule has 0 aliphatic carbocycles. The third-order valence-electron chi connectivity index (χ3n) is 7.54. The number of aliphatic imine (C=N–C) groups is 1. The van der Waals surface area contributed by atoms with E-state index >= 15 is 0 Å². The summed E-state index contributed by atoms with van der Waals surface area (Å²) in [6.07, 6.45) is 0.173. The van der Waals surface area contributed by atoms with E-state index in [9.17, 15) is 19.2 Å². The van der Waals surface area contributed by atoms with Crippen LogP contribution in [0.5, 0.6) is 0 Å². The maximum atomic E-state index is 13.7. The van der Waals surface area contributed by atoms with Crippen molar-refractivity contribution in [2.75, 3.05) is 13.1 Å². The molecule has 0 spiro atoms. The zero-order valence-electron chi connectivity index (χ0n) is 26.3. The second kappa shape index (κ2) is 18.2. The first kappa shape index (κ1) is 39.0. The van der Waals surface area contributed by atoms with Gasteiger partial charge in [-0.2, -0.15) is 0 Å². The van der Waals surface area contributed by atoms with Crippen molar-refractivity contribution in [3.05, 3.63) is 71.8 Å². The number of amides is 4. The van der Waals surface area contributed by atoms with E-state index in [1.807, 2.05) is 30.3 Å². The van der Waals surface area contributed by atoms with Gasteiger partial charge in [-0.15, -0.1) is 5.21 Å². The fourth-order valence-corrected chi connectivity index (χ4v) is 4.56. The van der Waals surface area contributed by atoms with E-state index in [4.69, 9.17) is 60.1 Å². The minimum atomic E-state index is -1.92. The van der Waals surface area contributed by atoms with Gasteiger partial charge >= 0.3 is 0 Å². The molecule has 2 aromatic rings. The Labute approximate surface area is 281 Å². The smallest absolute Gasteiger partial charge is 0.243 e. The molecule has 0 aromatic heterocycles. The minimum Gasteiger partial charge on any atom is -0.370 e. The van der Waals surface area contributed by atoms with Crippen molar-refractivity contribution in [2.45, 2.75) is 66.7 Å². The number of carbonyl (C=O) groups excluding carboxylic acids is 4. The number of guanidine groups is 1. The van der Waals surface area contributed by atoms with Gasteiger partial charge in [0.1, 0.15) is 18.1 Å². The molecule has 0 saturated heterocycles. The van der Waals surface area contributed by atoms with Crippen molar-refractivity contribution in [3.63, 3.8) is 0 Å². The highest BCUT2D eigenvalue weighted by Crippen LogP contribution is 2.44. The lowest BCUT2D eigenvalue weighted by atomic mass is 9.28. The van der Waals surface area contributed by atoms with Crippen LogP contribution in [0.3, 0.4) is 0 Å². The third-order valence-corrected chi connectivity index (χ3v) is 7.54. The van der Waals surface area contributed by atoms with Crippen LogP contribution in [0, 0.1) is 0 Å². The van der Waals surface area contributed by atoms with Crippen molar-refractivity contribution in [2.24, 2.45) is 33.7 Å². The average molecular weight is 635 g/mol. The van der Waals surface area contributed by atoms with E-state index in [2.05, 4.69) is 20.9 Å². The van der Waals surface area contributed by atoms with Crippen LogP contribution in [0.1, 0.15) is 30.4 Å². The zero-order valence-corrected chi connectivity index (χ0v) is 26.3. The fraction of sp³-hybridized carbons (Fsp3) is 0.433. The van der Waals surface area contributed by atoms with Gasteiger partial charge in [0, 0.05) is 13.0 Å². The third kappa shape index (κ3) is 12.8. The molecule has 0 aliphatic rings. The van der Waals surface area contributed by atoms with Gasteiger partial charge in [0.05, 0.1) is 37.4 Å². The highest BCUT2D eigenvalue weighted by atomic mass is 16.2. The first-order valence-corrected chi connectivity index (χ1v) is 15.0. The fourth-order valence-electron chi connectivity index (χ4n) is 4.56. The van der Waals surface area contributed by atoms with Crippen molar-refractivity contribution in [1.82, 2.24) is 16.0 Å². The number of hydrogen-bond donors (Lipinski definition) is 8. The molecule has 0 bridgehead atoms. The Balaban J connectivity index is 2.31. The Morgan fingerprint density at radius 1 is 0.702 bits per heavy atom. The van der Waals surface area contributed by atoms with Crippen molar-refractivity contribution in [1.29, 1.82) is 0 Å². The number of rotatable bonds is 19. The number of primary amides is 1. The molecule has 4 atom stereocenters. The van der Waals surface area contributed by atoms with Crippen LogP contribution < -0.4 is 44.6 Å². The Morgan fingerprint density at radius 2 is 1.19 bits per heavy atom. The summed E-state index contributed by atoms with van der Waals surface area (Å²) in [4.78, 5) is 56.7. The molecule has 17 heteroatoms. The van der Waals surface area contributed by atoms with Gasteiger partial charge in [-0.1, -0.05) is 65.9 Å². The molecular weight excluding hydrogens is 594 g/mol. The highest BCUT2D eigenvalue weighted by Gasteiger charge is 2.38. The van der Waals surface area contributed by atoms with E-state index in [1.54, 1.807) is 30.3 Å². The SMILES string of the molecule is [B]C([B])(CN)C([B])([B])C[C@H](NC(=O)[C@H](Cc1ccccc1)NC(=O)[C@@H](CCCN=C(N)N)NC(=O)[C@@H](N)Cc1ccccc1)C(N)=O. The van der Waals surface area contributed by atoms with E-state index < -0.39 is 64.6 Å². The Hall–Kier alpha value is -4.23. The molecular formula is C30H41B4N9O4. The van der Waals surface area contributed by atoms with Crippen LogP contribution in [-0.4, -0.2) is 98.2 Å². The largest absolute Gasteiger partial charge is 0.370 e. The van der Waals surface area contributed by atoms with Crippen LogP contribution in [0.2, 0.25) is 10.4 Å². The number of hydrogen-bond acceptors (Lipinski definition) is 7. The monoisotopic (exact) mass is 635 g/mol. The molecule has 2 aromatic carbocycles. The van der Waals surface area contributed by atoms with E-state index in [0.29, 0.717) is 12.0 Å². The molecule has 4 amide bonds. The second-order valence-corrected chi connectivity index (χ2v) is 11.5. The first-order chi connectivity index (χ1) is 22.1. The van der Waals surface area contributed by atoms with E-state index in [1.165, 1.54) is 0 Å². The van der Waals surface area contributed by atoms with Gasteiger partial charge in [-0.3, -0.25) is 24.2 Å². The molecule has 13 nitrogen and oxygen atoms in total. The summed E-state index contributed by atoms with van der Waals surface area (Å²) in [6, 6.07) is 13.2. The van der Waals surface area contributed by atoms with Crippen LogP contribution in [-0.2, 0) is 32.0 Å². The Kier molecular flexibility index (Phi) is 15.1. The van der Waals surface area contributed by atoms with Gasteiger partial charge in [0.25, 0.3) is 0 Å². The lowest BCUT2D eigenvalue weighted by molar-refractivity contribution is -0.133. The number of nitrogens with zero attached hydrogens (tertiary/aromatic N) is 1. The van der Waals surface area contributed by atoms with Crippen molar-refractivity contribution < 1.29 is 19.2 Å². The maximum absolute atomic E-state index is 13.7. The summed E-state index contributed by atoms with van der Waals surface area (Å²) in [5.74, 6) is -3.17. The zero-order chi connectivity index (χ0) is 35.2. The summed E-state index contributed by atoms with van der Waals surface area (Å²) < 4.78 is 0. The van der Waals surface area contributed by atoms with Gasteiger partial charge in [0.15, 0.2) is 5.96 Å². The standard InChI is InChI=1S/C30H41B4N9O4/c31-29(32,30(33,34)17-35)16-23(24(37)44)43-27(47)22(15-19-10-5-2-6-11-19)42-26(46)21(12-7-13-40-28(38)39)41-25(45)20(36)14-18-8-3-1-4-9-18/h1-6,8-11,20-23H,7,12-17,35-36H2,(H2,37,44)(H,41,45)(H,42,46)(H,43,47)(H4,38,39,40)/t20-,21+,22-,23-/m0/s1. The topological polar surface area (TPSA) is 247 Å². The number of nitrogens with one attached hydrogen (secondary N) is 3. The quantitative estimate of drug-likeness (QED) is 0.0343. The number of nitrogens with two attached hydrogens (primary N) is 5. The van der Waals surface area contributed by atoms with Gasteiger partial charge in [-0.05, 0) is 43.4 Å². The summed E-state index contributed by atoms with van der Waals surface area (Å²) in [6.45, 7) is -0.157. The molecule has 0 unspecified atom stereocenters. The van der Waals surface area contributed by atoms with Crippen molar-refractivity contribution >= 4 is 61.0 Å². The van der Waals surface area contributed by atoms with E-state index in [0.717, 1.165) is 5.56 Å². The predicted molar refractivity (Wildman–Crippen MR) is 185 cm³/mol. The molecule has 242 valence electrons. The first-order valence-electron chi connectivity index (χ1n) is 15.0. The Morgan fingerprint density at radius 3 is 1.70 bits per heavy atom.